The van der Waals surface area contributed by atoms with E-state index >= 15 is 0 Å². The van der Waals surface area contributed by atoms with Gasteiger partial charge in [0.2, 0.25) is 17.7 Å². The number of nitrogen functional groups attached to an aromatic ring is 1. The van der Waals surface area contributed by atoms with Crippen LogP contribution in [0.4, 0.5) is 11.9 Å². The number of quaternary nitrogens is 1. The molecule has 0 spiro atoms. The third kappa shape index (κ3) is 2.06. The van der Waals surface area contributed by atoms with Gasteiger partial charge in [-0.05, 0) is 12.1 Å². The summed E-state index contributed by atoms with van der Waals surface area (Å²) in [6.45, 7) is 1.38. The first kappa shape index (κ1) is 11.4. The van der Waals surface area contributed by atoms with Crippen LogP contribution in [-0.4, -0.2) is 37.7 Å². The summed E-state index contributed by atoms with van der Waals surface area (Å²) in [6.07, 6.45) is 1.55. The first-order valence-corrected chi connectivity index (χ1v) is 5.75. The molecule has 0 aliphatic carbocycles. The molecule has 0 amide bonds. The van der Waals surface area contributed by atoms with Crippen LogP contribution in [0.2, 0.25) is 0 Å². The SMILES string of the molecule is Nc1nc(NCC[NH3+])nc2nc(-c3ccco3)nn12. The highest BCUT2D eigenvalue weighted by molar-refractivity contribution is 5.52. The average molecular weight is 261 g/mol. The Morgan fingerprint density at radius 1 is 1.37 bits per heavy atom. The van der Waals surface area contributed by atoms with Crippen LogP contribution in [0.1, 0.15) is 0 Å². The molecule has 3 aromatic heterocycles. The summed E-state index contributed by atoms with van der Waals surface area (Å²) >= 11 is 0. The minimum Gasteiger partial charge on any atom is -0.461 e. The van der Waals surface area contributed by atoms with Crippen molar-refractivity contribution in [2.24, 2.45) is 0 Å². The van der Waals surface area contributed by atoms with E-state index in [4.69, 9.17) is 10.2 Å². The van der Waals surface area contributed by atoms with Gasteiger partial charge in [0.1, 0.15) is 0 Å². The maximum absolute atomic E-state index is 5.82. The van der Waals surface area contributed by atoms with Gasteiger partial charge in [-0.1, -0.05) is 0 Å². The molecule has 3 aromatic rings. The molecule has 3 heterocycles. The van der Waals surface area contributed by atoms with Crippen molar-refractivity contribution in [1.82, 2.24) is 24.6 Å². The molecule has 0 atom stereocenters. The Kier molecular flexibility index (Phi) is 2.72. The van der Waals surface area contributed by atoms with Gasteiger partial charge in [0, 0.05) is 0 Å². The molecule has 9 nitrogen and oxygen atoms in total. The van der Waals surface area contributed by atoms with Crippen molar-refractivity contribution in [3.63, 3.8) is 0 Å². The minimum absolute atomic E-state index is 0.210. The van der Waals surface area contributed by atoms with Crippen molar-refractivity contribution in [3.8, 4) is 11.6 Å². The summed E-state index contributed by atoms with van der Waals surface area (Å²) in [5.74, 6) is 1.96. The molecule has 0 fully saturated rings. The van der Waals surface area contributed by atoms with Crippen LogP contribution in [0.5, 0.6) is 0 Å². The topological polar surface area (TPSA) is 135 Å². The normalized spacial score (nSPS) is 11.0. The van der Waals surface area contributed by atoms with Crippen molar-refractivity contribution >= 4 is 17.7 Å². The van der Waals surface area contributed by atoms with E-state index in [0.717, 1.165) is 6.54 Å². The van der Waals surface area contributed by atoms with Crippen LogP contribution in [0, 0.1) is 0 Å². The predicted molar refractivity (Wildman–Crippen MR) is 66.9 cm³/mol. The number of anilines is 2. The number of fused-ring (bicyclic) bond motifs is 1. The van der Waals surface area contributed by atoms with Crippen LogP contribution >= 0.6 is 0 Å². The highest BCUT2D eigenvalue weighted by Crippen LogP contribution is 2.17. The molecule has 3 rings (SSSR count). The molecular formula is C10H13N8O+. The van der Waals surface area contributed by atoms with Gasteiger partial charge in [-0.15, -0.1) is 5.10 Å². The molecular weight excluding hydrogens is 248 g/mol. The lowest BCUT2D eigenvalue weighted by Gasteiger charge is -2.02. The van der Waals surface area contributed by atoms with E-state index < -0.39 is 0 Å². The van der Waals surface area contributed by atoms with Gasteiger partial charge in [-0.25, -0.2) is 0 Å². The third-order valence-corrected chi connectivity index (χ3v) is 2.43. The monoisotopic (exact) mass is 261 g/mol. The summed E-state index contributed by atoms with van der Waals surface area (Å²) in [4.78, 5) is 12.6. The average Bonchev–Trinajstić information content (AvgIpc) is 3.04. The van der Waals surface area contributed by atoms with Gasteiger partial charge in [-0.2, -0.15) is 19.5 Å². The van der Waals surface area contributed by atoms with Crippen molar-refractivity contribution in [1.29, 1.82) is 0 Å². The summed E-state index contributed by atoms with van der Waals surface area (Å²) in [7, 11) is 0. The smallest absolute Gasteiger partial charge is 0.259 e. The second kappa shape index (κ2) is 4.53. The first-order valence-electron chi connectivity index (χ1n) is 5.75. The van der Waals surface area contributed by atoms with Crippen LogP contribution in [-0.2, 0) is 0 Å². The Hall–Kier alpha value is -2.68. The van der Waals surface area contributed by atoms with Crippen molar-refractivity contribution in [2.45, 2.75) is 0 Å². The van der Waals surface area contributed by atoms with E-state index in [1.807, 2.05) is 0 Å². The molecule has 19 heavy (non-hydrogen) atoms. The number of nitrogens with one attached hydrogen (secondary N) is 1. The van der Waals surface area contributed by atoms with Crippen molar-refractivity contribution in [2.75, 3.05) is 24.1 Å². The lowest BCUT2D eigenvalue weighted by atomic mass is 10.4. The molecule has 0 unspecified atom stereocenters. The largest absolute Gasteiger partial charge is 0.461 e. The lowest BCUT2D eigenvalue weighted by molar-refractivity contribution is -0.362. The van der Waals surface area contributed by atoms with Crippen LogP contribution in [0.25, 0.3) is 17.4 Å². The molecule has 0 bridgehead atoms. The van der Waals surface area contributed by atoms with Crippen molar-refractivity contribution in [3.05, 3.63) is 18.4 Å². The Bertz CT molecular complexity index is 689. The summed E-state index contributed by atoms with van der Waals surface area (Å²) in [5, 5.41) is 7.20. The van der Waals surface area contributed by atoms with E-state index in [1.54, 1.807) is 18.4 Å². The Balaban J connectivity index is 2.04. The van der Waals surface area contributed by atoms with E-state index in [0.29, 0.717) is 29.9 Å². The fraction of sp³-hybridized carbons (Fsp3) is 0.200. The zero-order valence-corrected chi connectivity index (χ0v) is 10.1. The van der Waals surface area contributed by atoms with E-state index in [9.17, 15) is 0 Å². The number of hydrogen-bond donors (Lipinski definition) is 3. The number of furan rings is 1. The Labute approximate surface area is 107 Å². The van der Waals surface area contributed by atoms with Crippen molar-refractivity contribution < 1.29 is 10.2 Å². The summed E-state index contributed by atoms with van der Waals surface area (Å²) in [6, 6.07) is 3.53. The van der Waals surface area contributed by atoms with E-state index in [2.05, 4.69) is 31.1 Å². The Morgan fingerprint density at radius 2 is 2.26 bits per heavy atom. The molecule has 0 saturated carbocycles. The zero-order valence-electron chi connectivity index (χ0n) is 10.1. The Morgan fingerprint density at radius 3 is 3.00 bits per heavy atom. The first-order chi connectivity index (χ1) is 9.28. The highest BCUT2D eigenvalue weighted by Gasteiger charge is 2.13. The molecule has 0 aliphatic heterocycles. The number of rotatable bonds is 4. The van der Waals surface area contributed by atoms with Crippen LogP contribution < -0.4 is 16.8 Å². The number of aromatic nitrogens is 5. The summed E-state index contributed by atoms with van der Waals surface area (Å²) in [5.41, 5.74) is 9.55. The second-order valence-electron chi connectivity index (χ2n) is 3.81. The second-order valence-corrected chi connectivity index (χ2v) is 3.81. The highest BCUT2D eigenvalue weighted by atomic mass is 16.3. The number of nitrogens with zero attached hydrogens (tertiary/aromatic N) is 5. The standard InChI is InChI=1S/C10H12N8O/c11-3-4-13-9-15-8(12)18-10(16-9)14-7(17-18)6-2-1-5-19-6/h1-2,5H,3-4,11H2,(H3,12,13,14,15,16,17)/p+1. The molecule has 0 aliphatic rings. The van der Waals surface area contributed by atoms with Gasteiger partial charge < -0.3 is 21.2 Å². The molecule has 98 valence electrons. The summed E-state index contributed by atoms with van der Waals surface area (Å²) < 4.78 is 6.60. The maximum atomic E-state index is 5.82. The molecule has 9 heteroatoms. The predicted octanol–water partition coefficient (Wildman–Crippen LogP) is -0.985. The molecule has 0 radical (unpaired) electrons. The number of nitrogens with two attached hydrogens (primary N) is 1. The number of hydrogen-bond acceptors (Lipinski definition) is 7. The van der Waals surface area contributed by atoms with Gasteiger partial charge in [0.05, 0.1) is 19.4 Å². The van der Waals surface area contributed by atoms with Crippen LogP contribution in [0.15, 0.2) is 22.8 Å². The fourth-order valence-corrected chi connectivity index (χ4v) is 1.59. The minimum atomic E-state index is 0.210. The quantitative estimate of drug-likeness (QED) is 0.549. The van der Waals surface area contributed by atoms with Gasteiger partial charge in [0.15, 0.2) is 5.76 Å². The molecule has 6 N–H and O–H groups in total. The molecule has 0 saturated heterocycles. The zero-order chi connectivity index (χ0) is 13.2. The maximum Gasteiger partial charge on any atom is 0.259 e. The lowest BCUT2D eigenvalue weighted by Crippen LogP contribution is -2.53. The van der Waals surface area contributed by atoms with Gasteiger partial charge in [-0.3, -0.25) is 0 Å². The molecule has 0 aromatic carbocycles. The fourth-order valence-electron chi connectivity index (χ4n) is 1.59. The van der Waals surface area contributed by atoms with E-state index in [-0.39, 0.29) is 5.95 Å². The van der Waals surface area contributed by atoms with Crippen LogP contribution in [0.3, 0.4) is 0 Å². The van der Waals surface area contributed by atoms with Gasteiger partial charge >= 0.3 is 0 Å². The van der Waals surface area contributed by atoms with E-state index in [1.165, 1.54) is 4.52 Å². The van der Waals surface area contributed by atoms with Gasteiger partial charge in [0.25, 0.3) is 5.78 Å². The third-order valence-electron chi connectivity index (χ3n) is 2.43.